The monoisotopic (exact) mass is 108 g/mol. The zero-order chi connectivity index (χ0) is 0. The Balaban J connectivity index is 0. The Hall–Kier alpha value is 1.15. The van der Waals surface area contributed by atoms with Crippen LogP contribution in [0.3, 0.4) is 0 Å². The maximum Gasteiger partial charge on any atom is 3.00 e. The maximum atomic E-state index is 0. The van der Waals surface area contributed by atoms with Crippen LogP contribution in [0, 0.1) is 0 Å². The summed E-state index contributed by atoms with van der Waals surface area (Å²) in [6.45, 7) is 0. The van der Waals surface area contributed by atoms with E-state index in [4.69, 9.17) is 0 Å². The van der Waals surface area contributed by atoms with E-state index in [1.54, 1.807) is 0 Å². The summed E-state index contributed by atoms with van der Waals surface area (Å²) in [4.78, 5) is 0. The first-order valence-electron chi connectivity index (χ1n) is 0. The van der Waals surface area contributed by atoms with Gasteiger partial charge in [-0.15, -0.1) is 0 Å². The van der Waals surface area contributed by atoms with E-state index in [9.17, 15) is 0 Å². The minimum absolute atomic E-state index is 0. The smallest absolute Gasteiger partial charge is 2.00 e. The Morgan fingerprint density at radius 1 is 0.750 bits per heavy atom. The second-order valence-electron chi connectivity index (χ2n) is 0. The van der Waals surface area contributed by atoms with Crippen LogP contribution in [0.4, 0.5) is 0 Å². The van der Waals surface area contributed by atoms with E-state index < -0.39 is 0 Å². The molecular formula is GaLiO2. The quantitative estimate of drug-likeness (QED) is 0.288. The van der Waals surface area contributed by atoms with Gasteiger partial charge < -0.3 is 11.0 Å². The minimum atomic E-state index is 0. The molecule has 0 aliphatic rings. The molecule has 0 saturated heterocycles. The Bertz CT molecular complexity index is 6.00. The Labute approximate surface area is 49.8 Å². The molecular weight excluding hydrogens is 109 g/mol. The standard InChI is InChI=1S/Ga.Li.2O/q+3;+1;2*-2. The molecule has 0 bridgehead atoms. The van der Waals surface area contributed by atoms with Crippen molar-refractivity contribution in [3.05, 3.63) is 0 Å². The van der Waals surface area contributed by atoms with Crippen molar-refractivity contribution in [2.45, 2.75) is 0 Å². The summed E-state index contributed by atoms with van der Waals surface area (Å²) in [6, 6.07) is 0. The molecule has 0 spiro atoms. The van der Waals surface area contributed by atoms with Crippen molar-refractivity contribution >= 4 is 19.8 Å². The third-order valence-electron chi connectivity index (χ3n) is 0. The Morgan fingerprint density at radius 3 is 0.750 bits per heavy atom. The van der Waals surface area contributed by atoms with Crippen molar-refractivity contribution in [2.75, 3.05) is 0 Å². The van der Waals surface area contributed by atoms with Gasteiger partial charge in [0.2, 0.25) is 0 Å². The summed E-state index contributed by atoms with van der Waals surface area (Å²) >= 11 is 0. The van der Waals surface area contributed by atoms with Crippen LogP contribution in [0.2, 0.25) is 0 Å². The zero-order valence-electron chi connectivity index (χ0n) is 2.39. The van der Waals surface area contributed by atoms with Gasteiger partial charge in [-0.2, -0.15) is 0 Å². The van der Waals surface area contributed by atoms with Crippen molar-refractivity contribution in [3.8, 4) is 0 Å². The molecule has 0 N–H and O–H groups in total. The van der Waals surface area contributed by atoms with Gasteiger partial charge >= 0.3 is 38.7 Å². The molecule has 0 aromatic rings. The molecule has 2 nitrogen and oxygen atoms in total. The van der Waals surface area contributed by atoms with E-state index in [0.29, 0.717) is 0 Å². The molecule has 0 rings (SSSR count). The van der Waals surface area contributed by atoms with Gasteiger partial charge in [-0.3, -0.25) is 0 Å². The number of rotatable bonds is 0. The summed E-state index contributed by atoms with van der Waals surface area (Å²) in [5.41, 5.74) is 0. The van der Waals surface area contributed by atoms with Crippen molar-refractivity contribution < 1.29 is 29.8 Å². The third kappa shape index (κ3) is 11.0. The molecule has 16 valence electrons. The van der Waals surface area contributed by atoms with Crippen molar-refractivity contribution in [2.24, 2.45) is 0 Å². The summed E-state index contributed by atoms with van der Waals surface area (Å²) in [6.07, 6.45) is 0. The molecule has 0 aromatic heterocycles. The molecule has 0 aliphatic carbocycles. The first-order valence-corrected chi connectivity index (χ1v) is 0. The predicted octanol–water partition coefficient (Wildman–Crippen LogP) is -3.61. The summed E-state index contributed by atoms with van der Waals surface area (Å²) in [7, 11) is 0. The van der Waals surface area contributed by atoms with Crippen molar-refractivity contribution in [3.63, 3.8) is 0 Å². The van der Waals surface area contributed by atoms with Gasteiger partial charge in [0.1, 0.15) is 0 Å². The molecule has 0 atom stereocenters. The van der Waals surface area contributed by atoms with Crippen LogP contribution in [0.15, 0.2) is 0 Å². The number of hydrogen-bond donors (Lipinski definition) is 0. The maximum absolute atomic E-state index is 0. The molecule has 0 unspecified atom stereocenters. The van der Waals surface area contributed by atoms with Crippen molar-refractivity contribution in [1.82, 2.24) is 0 Å². The fourth-order valence-corrected chi connectivity index (χ4v) is 0. The van der Waals surface area contributed by atoms with Crippen LogP contribution in [0.5, 0.6) is 0 Å². The molecule has 0 aromatic carbocycles. The van der Waals surface area contributed by atoms with Gasteiger partial charge in [-0.25, -0.2) is 0 Å². The van der Waals surface area contributed by atoms with Crippen LogP contribution >= 0.6 is 0 Å². The molecule has 0 radical (unpaired) electrons. The van der Waals surface area contributed by atoms with Gasteiger partial charge in [0.05, 0.1) is 0 Å². The fourth-order valence-electron chi connectivity index (χ4n) is 0. The SMILES string of the molecule is [Ga+3].[Li+].[O-2].[O-2]. The topological polar surface area (TPSA) is 57.0 Å². The van der Waals surface area contributed by atoms with Gasteiger partial charge in [0, 0.05) is 0 Å². The zero-order valence-corrected chi connectivity index (χ0v) is 4.82. The molecule has 0 saturated carbocycles. The van der Waals surface area contributed by atoms with Gasteiger partial charge in [-0.05, 0) is 0 Å². The van der Waals surface area contributed by atoms with Crippen LogP contribution in [0.1, 0.15) is 0 Å². The van der Waals surface area contributed by atoms with E-state index in [1.165, 1.54) is 0 Å². The molecule has 0 fully saturated rings. The molecule has 4 heavy (non-hydrogen) atoms. The molecule has 0 amide bonds. The van der Waals surface area contributed by atoms with E-state index >= 15 is 0 Å². The largest absolute Gasteiger partial charge is 3.00 e. The van der Waals surface area contributed by atoms with Crippen LogP contribution in [0.25, 0.3) is 0 Å². The summed E-state index contributed by atoms with van der Waals surface area (Å²) in [5, 5.41) is 0. The second-order valence-corrected chi connectivity index (χ2v) is 0. The van der Waals surface area contributed by atoms with Gasteiger partial charge in [0.15, 0.2) is 0 Å². The Kier molecular flexibility index (Phi) is 518. The molecule has 0 heterocycles. The average molecular weight is 109 g/mol. The minimum Gasteiger partial charge on any atom is -2.00 e. The fraction of sp³-hybridized carbons (Fsp3) is 0. The first-order chi connectivity index (χ1) is 0. The number of hydrogen-bond acceptors (Lipinski definition) is 0. The predicted molar refractivity (Wildman–Crippen MR) is 7.13 cm³/mol. The van der Waals surface area contributed by atoms with E-state index in [0.717, 1.165) is 0 Å². The van der Waals surface area contributed by atoms with E-state index in [-0.39, 0.29) is 49.6 Å². The van der Waals surface area contributed by atoms with E-state index in [2.05, 4.69) is 0 Å². The van der Waals surface area contributed by atoms with Gasteiger partial charge in [-0.1, -0.05) is 0 Å². The normalized spacial score (nSPS) is 0. The summed E-state index contributed by atoms with van der Waals surface area (Å²) in [5.74, 6) is 0. The second kappa shape index (κ2) is 31.0. The average Bonchev–Trinajstić information content (AvgIpc) is 0. The van der Waals surface area contributed by atoms with Crippen LogP contribution in [-0.2, 0) is 11.0 Å². The first kappa shape index (κ1) is 66.8. The van der Waals surface area contributed by atoms with Gasteiger partial charge in [0.25, 0.3) is 0 Å². The van der Waals surface area contributed by atoms with E-state index in [1.807, 2.05) is 0 Å². The molecule has 4 heteroatoms. The Morgan fingerprint density at radius 2 is 0.750 bits per heavy atom. The third-order valence-corrected chi connectivity index (χ3v) is 0. The molecule has 0 aliphatic heterocycles. The summed E-state index contributed by atoms with van der Waals surface area (Å²) < 4.78 is 0. The van der Waals surface area contributed by atoms with Crippen molar-refractivity contribution in [1.29, 1.82) is 0 Å². The van der Waals surface area contributed by atoms with Crippen LogP contribution < -0.4 is 18.9 Å². The van der Waals surface area contributed by atoms with Crippen LogP contribution in [-0.4, -0.2) is 19.8 Å².